The summed E-state index contributed by atoms with van der Waals surface area (Å²) in [4.78, 5) is 0. The van der Waals surface area contributed by atoms with Gasteiger partial charge in [0.25, 0.3) is 0 Å². The van der Waals surface area contributed by atoms with E-state index in [4.69, 9.17) is 11.6 Å². The summed E-state index contributed by atoms with van der Waals surface area (Å²) in [5.74, 6) is 0. The normalized spacial score (nSPS) is 12.4. The van der Waals surface area contributed by atoms with Crippen LogP contribution in [0.15, 0.2) is 54.6 Å². The van der Waals surface area contributed by atoms with E-state index in [0.29, 0.717) is 0 Å². The van der Waals surface area contributed by atoms with Crippen LogP contribution in [0.25, 0.3) is 0 Å². The zero-order valence-corrected chi connectivity index (χ0v) is 9.41. The molecule has 0 aliphatic rings. The van der Waals surface area contributed by atoms with E-state index in [1.807, 2.05) is 24.3 Å². The Morgan fingerprint density at radius 2 is 1.53 bits per heavy atom. The summed E-state index contributed by atoms with van der Waals surface area (Å²) in [6.45, 7) is 2.08. The number of halogens is 1. The molecule has 0 fully saturated rings. The van der Waals surface area contributed by atoms with Crippen LogP contribution in [0.5, 0.6) is 0 Å². The second-order valence-corrected chi connectivity index (χ2v) is 4.12. The molecule has 0 saturated heterocycles. The van der Waals surface area contributed by atoms with Crippen molar-refractivity contribution in [2.75, 3.05) is 0 Å². The average Bonchev–Trinajstić information content (AvgIpc) is 2.29. The van der Waals surface area contributed by atoms with E-state index >= 15 is 0 Å². The molecule has 2 rings (SSSR count). The van der Waals surface area contributed by atoms with E-state index in [9.17, 15) is 0 Å². The summed E-state index contributed by atoms with van der Waals surface area (Å²) in [5, 5.41) is -0.0499. The number of alkyl halides is 1. The first-order chi connectivity index (χ1) is 7.27. The third kappa shape index (κ3) is 2.40. The van der Waals surface area contributed by atoms with Gasteiger partial charge in [-0.25, -0.2) is 0 Å². The molecular formula is C14H13Cl. The molecule has 0 nitrogen and oxygen atoms in total. The van der Waals surface area contributed by atoms with Crippen LogP contribution in [0.1, 0.15) is 22.1 Å². The third-order valence-electron chi connectivity index (χ3n) is 2.43. The Bertz CT molecular complexity index is 434. The molecule has 1 unspecified atom stereocenters. The Kier molecular flexibility index (Phi) is 3.08. The maximum atomic E-state index is 6.40. The number of aryl methyl sites for hydroxylation is 1. The minimum Gasteiger partial charge on any atom is -0.113 e. The average molecular weight is 217 g/mol. The van der Waals surface area contributed by atoms with Crippen molar-refractivity contribution in [2.45, 2.75) is 12.3 Å². The molecule has 0 N–H and O–H groups in total. The second-order valence-electron chi connectivity index (χ2n) is 3.69. The van der Waals surface area contributed by atoms with Gasteiger partial charge in [0.05, 0.1) is 5.38 Å². The van der Waals surface area contributed by atoms with Gasteiger partial charge in [-0.3, -0.25) is 0 Å². The van der Waals surface area contributed by atoms with Crippen molar-refractivity contribution in [3.8, 4) is 0 Å². The number of hydrogen-bond donors (Lipinski definition) is 0. The first-order valence-electron chi connectivity index (χ1n) is 5.03. The van der Waals surface area contributed by atoms with Gasteiger partial charge < -0.3 is 0 Å². The standard InChI is InChI=1S/C14H13Cl/c1-11-6-5-9-13(10-11)14(15)12-7-3-2-4-8-12/h2-10,14H,1H3. The number of rotatable bonds is 2. The molecule has 2 aromatic carbocycles. The summed E-state index contributed by atoms with van der Waals surface area (Å²) in [7, 11) is 0. The van der Waals surface area contributed by atoms with E-state index in [1.165, 1.54) is 5.56 Å². The van der Waals surface area contributed by atoms with Gasteiger partial charge in [-0.2, -0.15) is 0 Å². The minimum absolute atomic E-state index is 0.0499. The second kappa shape index (κ2) is 4.50. The summed E-state index contributed by atoms with van der Waals surface area (Å²) >= 11 is 6.40. The van der Waals surface area contributed by atoms with Crippen molar-refractivity contribution in [3.05, 3.63) is 71.3 Å². The summed E-state index contributed by atoms with van der Waals surface area (Å²) in [6.07, 6.45) is 0. The number of hydrogen-bond acceptors (Lipinski definition) is 0. The third-order valence-corrected chi connectivity index (χ3v) is 2.93. The minimum atomic E-state index is -0.0499. The van der Waals surface area contributed by atoms with Crippen LogP contribution in [-0.4, -0.2) is 0 Å². The molecule has 76 valence electrons. The zero-order valence-electron chi connectivity index (χ0n) is 8.65. The molecule has 0 radical (unpaired) electrons. The zero-order chi connectivity index (χ0) is 10.7. The van der Waals surface area contributed by atoms with Crippen molar-refractivity contribution in [2.24, 2.45) is 0 Å². The fourth-order valence-electron chi connectivity index (χ4n) is 1.64. The van der Waals surface area contributed by atoms with Gasteiger partial charge in [0.2, 0.25) is 0 Å². The quantitative estimate of drug-likeness (QED) is 0.656. The Morgan fingerprint density at radius 1 is 0.867 bits per heavy atom. The number of benzene rings is 2. The predicted octanol–water partition coefficient (Wildman–Crippen LogP) is 4.32. The Morgan fingerprint density at radius 3 is 2.20 bits per heavy atom. The molecule has 2 aromatic rings. The maximum absolute atomic E-state index is 6.40. The molecule has 0 aliphatic heterocycles. The van der Waals surface area contributed by atoms with Gasteiger partial charge in [-0.1, -0.05) is 60.2 Å². The van der Waals surface area contributed by atoms with Gasteiger partial charge in [-0.15, -0.1) is 11.6 Å². The predicted molar refractivity (Wildman–Crippen MR) is 65.3 cm³/mol. The topological polar surface area (TPSA) is 0 Å². The largest absolute Gasteiger partial charge is 0.113 e. The molecule has 0 bridgehead atoms. The smallest absolute Gasteiger partial charge is 0.0835 e. The lowest BCUT2D eigenvalue weighted by atomic mass is 10.0. The molecule has 1 atom stereocenters. The van der Waals surface area contributed by atoms with Crippen molar-refractivity contribution >= 4 is 11.6 Å². The van der Waals surface area contributed by atoms with Gasteiger partial charge in [-0.05, 0) is 18.1 Å². The van der Waals surface area contributed by atoms with Gasteiger partial charge in [0, 0.05) is 0 Å². The van der Waals surface area contributed by atoms with E-state index in [1.54, 1.807) is 0 Å². The SMILES string of the molecule is Cc1cccc(C(Cl)c2ccccc2)c1. The molecule has 0 amide bonds. The highest BCUT2D eigenvalue weighted by Crippen LogP contribution is 2.28. The van der Waals surface area contributed by atoms with Crippen LogP contribution in [0.2, 0.25) is 0 Å². The highest BCUT2D eigenvalue weighted by atomic mass is 35.5. The van der Waals surface area contributed by atoms with Crippen molar-refractivity contribution in [1.82, 2.24) is 0 Å². The van der Waals surface area contributed by atoms with Crippen LogP contribution >= 0.6 is 11.6 Å². The van der Waals surface area contributed by atoms with Gasteiger partial charge in [0.1, 0.15) is 0 Å². The highest BCUT2D eigenvalue weighted by Gasteiger charge is 2.09. The Balaban J connectivity index is 2.32. The van der Waals surface area contributed by atoms with Crippen molar-refractivity contribution in [1.29, 1.82) is 0 Å². The molecule has 15 heavy (non-hydrogen) atoms. The van der Waals surface area contributed by atoms with E-state index in [2.05, 4.69) is 37.3 Å². The van der Waals surface area contributed by atoms with Crippen LogP contribution in [-0.2, 0) is 0 Å². The molecule has 0 aliphatic carbocycles. The molecule has 0 saturated carbocycles. The molecule has 0 spiro atoms. The van der Waals surface area contributed by atoms with Crippen LogP contribution in [0.4, 0.5) is 0 Å². The van der Waals surface area contributed by atoms with Crippen molar-refractivity contribution in [3.63, 3.8) is 0 Å². The van der Waals surface area contributed by atoms with Crippen LogP contribution in [0.3, 0.4) is 0 Å². The molecule has 0 heterocycles. The molecule has 0 aromatic heterocycles. The van der Waals surface area contributed by atoms with E-state index in [0.717, 1.165) is 11.1 Å². The maximum Gasteiger partial charge on any atom is 0.0835 e. The van der Waals surface area contributed by atoms with Gasteiger partial charge >= 0.3 is 0 Å². The summed E-state index contributed by atoms with van der Waals surface area (Å²) in [6, 6.07) is 18.5. The Labute approximate surface area is 95.5 Å². The lowest BCUT2D eigenvalue weighted by Gasteiger charge is -2.10. The van der Waals surface area contributed by atoms with Crippen LogP contribution < -0.4 is 0 Å². The molecule has 1 heteroatoms. The summed E-state index contributed by atoms with van der Waals surface area (Å²) in [5.41, 5.74) is 3.54. The Hall–Kier alpha value is -1.27. The lowest BCUT2D eigenvalue weighted by molar-refractivity contribution is 1.13. The lowest BCUT2D eigenvalue weighted by Crippen LogP contribution is -1.92. The fourth-order valence-corrected chi connectivity index (χ4v) is 1.92. The van der Waals surface area contributed by atoms with Gasteiger partial charge in [0.15, 0.2) is 0 Å². The fraction of sp³-hybridized carbons (Fsp3) is 0.143. The summed E-state index contributed by atoms with van der Waals surface area (Å²) < 4.78 is 0. The first kappa shape index (κ1) is 10.3. The van der Waals surface area contributed by atoms with Crippen molar-refractivity contribution < 1.29 is 0 Å². The first-order valence-corrected chi connectivity index (χ1v) is 5.46. The molecular weight excluding hydrogens is 204 g/mol. The highest BCUT2D eigenvalue weighted by molar-refractivity contribution is 6.22. The monoisotopic (exact) mass is 216 g/mol. The van der Waals surface area contributed by atoms with E-state index in [-0.39, 0.29) is 5.38 Å². The van der Waals surface area contributed by atoms with E-state index < -0.39 is 0 Å². The van der Waals surface area contributed by atoms with Crippen LogP contribution in [0, 0.1) is 6.92 Å².